The molecule has 0 aliphatic carbocycles. The number of hydrogen-bond donors (Lipinski definition) is 3. The second-order valence-corrected chi connectivity index (χ2v) is 8.96. The van der Waals surface area contributed by atoms with Crippen LogP contribution in [0, 0.1) is 12.7 Å². The lowest BCUT2D eigenvalue weighted by molar-refractivity contribution is 0.129. The molecule has 0 aliphatic heterocycles. The van der Waals surface area contributed by atoms with Gasteiger partial charge in [0.2, 0.25) is 0 Å². The van der Waals surface area contributed by atoms with Gasteiger partial charge in [-0.25, -0.2) is 9.37 Å². The summed E-state index contributed by atoms with van der Waals surface area (Å²) in [6.07, 6.45) is -0.773. The topological polar surface area (TPSA) is 106 Å². The van der Waals surface area contributed by atoms with Crippen LogP contribution < -0.4 is 15.8 Å². The standard InChI is InChI=1S/C21H25ClFN5O2S.ClH/c1-10(2)25-19-6-13(5-11(3)26-19)20-27-28-21(31-20)14-7-16(23)18(8-15(14)22)30-9-17(24)12(4)29;/h5-8,10,12,17,29H,9,24H2,1-4H3,(H,25,26);1H/t12-,17-;/m0./s1. The molecule has 32 heavy (non-hydrogen) atoms. The number of anilines is 1. The summed E-state index contributed by atoms with van der Waals surface area (Å²) in [5.41, 5.74) is 7.85. The zero-order chi connectivity index (χ0) is 22.7. The van der Waals surface area contributed by atoms with Gasteiger partial charge in [-0.3, -0.25) is 0 Å². The van der Waals surface area contributed by atoms with E-state index in [-0.39, 0.29) is 35.8 Å². The van der Waals surface area contributed by atoms with Crippen LogP contribution in [-0.4, -0.2) is 45.1 Å². The van der Waals surface area contributed by atoms with Crippen molar-refractivity contribution in [2.24, 2.45) is 5.73 Å². The summed E-state index contributed by atoms with van der Waals surface area (Å²) in [7, 11) is 0. The molecular weight excluding hydrogens is 476 g/mol. The number of nitrogens with one attached hydrogen (secondary N) is 1. The van der Waals surface area contributed by atoms with E-state index in [1.807, 2.05) is 32.9 Å². The van der Waals surface area contributed by atoms with Crippen molar-refractivity contribution in [1.29, 1.82) is 0 Å². The Morgan fingerprint density at radius 2 is 1.88 bits per heavy atom. The van der Waals surface area contributed by atoms with Crippen molar-refractivity contribution in [2.75, 3.05) is 11.9 Å². The summed E-state index contributed by atoms with van der Waals surface area (Å²) >= 11 is 7.67. The summed E-state index contributed by atoms with van der Waals surface area (Å²) in [6.45, 7) is 7.48. The van der Waals surface area contributed by atoms with Crippen molar-refractivity contribution >= 4 is 41.2 Å². The van der Waals surface area contributed by atoms with Crippen LogP contribution >= 0.6 is 35.3 Å². The fourth-order valence-corrected chi connectivity index (χ4v) is 3.90. The summed E-state index contributed by atoms with van der Waals surface area (Å²) in [6, 6.07) is 6.07. The third-order valence-corrected chi connectivity index (χ3v) is 5.68. The molecule has 0 saturated carbocycles. The van der Waals surface area contributed by atoms with Crippen LogP contribution in [0.4, 0.5) is 10.2 Å². The molecule has 1 aromatic carbocycles. The van der Waals surface area contributed by atoms with Crippen molar-refractivity contribution in [3.05, 3.63) is 40.8 Å². The van der Waals surface area contributed by atoms with Crippen LogP contribution in [-0.2, 0) is 0 Å². The van der Waals surface area contributed by atoms with Gasteiger partial charge >= 0.3 is 0 Å². The van der Waals surface area contributed by atoms with Gasteiger partial charge in [-0.1, -0.05) is 22.9 Å². The van der Waals surface area contributed by atoms with E-state index in [1.54, 1.807) is 6.92 Å². The zero-order valence-electron chi connectivity index (χ0n) is 18.1. The van der Waals surface area contributed by atoms with Crippen LogP contribution in [0.2, 0.25) is 5.02 Å². The number of aliphatic hydroxyl groups is 1. The minimum atomic E-state index is -0.773. The zero-order valence-corrected chi connectivity index (χ0v) is 20.5. The van der Waals surface area contributed by atoms with Gasteiger partial charge in [0.15, 0.2) is 11.6 Å². The molecule has 0 aliphatic rings. The number of aromatic nitrogens is 3. The van der Waals surface area contributed by atoms with Gasteiger partial charge in [-0.05, 0) is 45.9 Å². The highest BCUT2D eigenvalue weighted by molar-refractivity contribution is 7.18. The number of hydrogen-bond acceptors (Lipinski definition) is 8. The number of pyridine rings is 1. The maximum atomic E-state index is 14.6. The van der Waals surface area contributed by atoms with Crippen molar-refractivity contribution < 1.29 is 14.2 Å². The first-order valence-electron chi connectivity index (χ1n) is 9.79. The van der Waals surface area contributed by atoms with E-state index in [0.717, 1.165) is 17.1 Å². The first kappa shape index (κ1) is 26.2. The number of nitrogens with two attached hydrogens (primary N) is 1. The average Bonchev–Trinajstić information content (AvgIpc) is 3.17. The molecule has 0 unspecified atom stereocenters. The van der Waals surface area contributed by atoms with Crippen molar-refractivity contribution in [1.82, 2.24) is 15.2 Å². The quantitative estimate of drug-likeness (QED) is 0.410. The van der Waals surface area contributed by atoms with Gasteiger partial charge in [0.05, 0.1) is 17.2 Å². The minimum Gasteiger partial charge on any atom is -0.489 e. The van der Waals surface area contributed by atoms with Gasteiger partial charge in [-0.15, -0.1) is 22.6 Å². The maximum Gasteiger partial charge on any atom is 0.165 e. The Bertz CT molecular complexity index is 1060. The molecule has 11 heteroatoms. The highest BCUT2D eigenvalue weighted by Crippen LogP contribution is 2.37. The van der Waals surface area contributed by atoms with Crippen molar-refractivity contribution in [3.63, 3.8) is 0 Å². The van der Waals surface area contributed by atoms with Crippen LogP contribution in [0.1, 0.15) is 26.5 Å². The monoisotopic (exact) mass is 501 g/mol. The second kappa shape index (κ2) is 11.2. The van der Waals surface area contributed by atoms with Crippen LogP contribution in [0.15, 0.2) is 24.3 Å². The van der Waals surface area contributed by atoms with Crippen molar-refractivity contribution in [3.8, 4) is 26.9 Å². The number of halogens is 3. The number of aryl methyl sites for hydroxylation is 1. The van der Waals surface area contributed by atoms with Crippen LogP contribution in [0.5, 0.6) is 5.75 Å². The molecule has 0 radical (unpaired) electrons. The average molecular weight is 502 g/mol. The van der Waals surface area contributed by atoms with E-state index in [2.05, 4.69) is 20.5 Å². The highest BCUT2D eigenvalue weighted by Gasteiger charge is 2.18. The number of aliphatic hydroxyl groups excluding tert-OH is 1. The molecule has 2 atom stereocenters. The van der Waals surface area contributed by atoms with Gasteiger partial charge in [0.1, 0.15) is 22.4 Å². The highest BCUT2D eigenvalue weighted by atomic mass is 35.5. The maximum absolute atomic E-state index is 14.6. The molecule has 0 amide bonds. The molecule has 0 fully saturated rings. The summed E-state index contributed by atoms with van der Waals surface area (Å²) in [5.74, 6) is 0.114. The molecule has 2 aromatic heterocycles. The number of nitrogens with zero attached hydrogens (tertiary/aromatic N) is 3. The third kappa shape index (κ3) is 6.49. The predicted molar refractivity (Wildman–Crippen MR) is 129 cm³/mol. The summed E-state index contributed by atoms with van der Waals surface area (Å²) < 4.78 is 20.0. The lowest BCUT2D eigenvalue weighted by Crippen LogP contribution is -2.38. The molecule has 7 nitrogen and oxygen atoms in total. The lowest BCUT2D eigenvalue weighted by Gasteiger charge is -2.16. The molecule has 3 aromatic rings. The predicted octanol–water partition coefficient (Wildman–Crippen LogP) is 4.70. The smallest absolute Gasteiger partial charge is 0.165 e. The summed E-state index contributed by atoms with van der Waals surface area (Å²) in [5, 5.41) is 22.6. The van der Waals surface area contributed by atoms with Gasteiger partial charge in [-0.2, -0.15) is 0 Å². The Hall–Kier alpha value is -2.04. The molecule has 0 bridgehead atoms. The Morgan fingerprint density at radius 3 is 2.53 bits per heavy atom. The van der Waals surface area contributed by atoms with Gasteiger partial charge in [0.25, 0.3) is 0 Å². The molecular formula is C21H26Cl2FN5O2S. The van der Waals surface area contributed by atoms with E-state index in [4.69, 9.17) is 22.1 Å². The summed E-state index contributed by atoms with van der Waals surface area (Å²) in [4.78, 5) is 4.48. The molecule has 0 spiro atoms. The normalized spacial score (nSPS) is 12.9. The SMILES string of the molecule is Cc1cc(-c2nnc(-c3cc(F)c(OC[C@H](N)[C@H](C)O)cc3Cl)s2)cc(NC(C)C)n1.Cl. The largest absolute Gasteiger partial charge is 0.489 e. The number of ether oxygens (including phenoxy) is 1. The molecule has 3 rings (SSSR count). The number of rotatable bonds is 8. The Kier molecular flexibility index (Phi) is 9.18. The molecule has 0 saturated heterocycles. The fraction of sp³-hybridized carbons (Fsp3) is 0.381. The van der Waals surface area contributed by atoms with E-state index in [0.29, 0.717) is 15.6 Å². The third-order valence-electron chi connectivity index (χ3n) is 4.36. The van der Waals surface area contributed by atoms with Gasteiger partial charge < -0.3 is 20.9 Å². The van der Waals surface area contributed by atoms with E-state index < -0.39 is 18.0 Å². The number of benzene rings is 1. The molecule has 174 valence electrons. The minimum absolute atomic E-state index is 0. The van der Waals surface area contributed by atoms with E-state index in [9.17, 15) is 9.50 Å². The van der Waals surface area contributed by atoms with Crippen molar-refractivity contribution in [2.45, 2.75) is 45.9 Å². The van der Waals surface area contributed by atoms with Crippen LogP contribution in [0.3, 0.4) is 0 Å². The van der Waals surface area contributed by atoms with E-state index >= 15 is 0 Å². The first-order valence-corrected chi connectivity index (χ1v) is 11.0. The van der Waals surface area contributed by atoms with Gasteiger partial charge in [0, 0.05) is 28.9 Å². The Morgan fingerprint density at radius 1 is 1.19 bits per heavy atom. The van der Waals surface area contributed by atoms with Crippen LogP contribution in [0.25, 0.3) is 21.1 Å². The first-order chi connectivity index (χ1) is 14.6. The lowest BCUT2D eigenvalue weighted by atomic mass is 10.2. The Balaban J connectivity index is 0.00000363. The fourth-order valence-electron chi connectivity index (χ4n) is 2.74. The second-order valence-electron chi connectivity index (χ2n) is 7.57. The van der Waals surface area contributed by atoms with E-state index in [1.165, 1.54) is 23.5 Å². The molecule has 2 heterocycles. The molecule has 4 N–H and O–H groups in total. The Labute approximate surface area is 201 Å².